The van der Waals surface area contributed by atoms with Crippen LogP contribution >= 0.6 is 0 Å². The minimum Gasteiger partial charge on any atom is -0.465 e. The van der Waals surface area contributed by atoms with Crippen LogP contribution in [0, 0.1) is 20.8 Å². The maximum Gasteiger partial charge on any atom is 0.338 e. The summed E-state index contributed by atoms with van der Waals surface area (Å²) in [5.41, 5.74) is 17.9. The van der Waals surface area contributed by atoms with Crippen LogP contribution in [0.4, 0.5) is 51.3 Å². The van der Waals surface area contributed by atoms with Crippen LogP contribution in [0.3, 0.4) is 0 Å². The number of esters is 2. The number of methoxy groups -OCH3 is 1. The quantitative estimate of drug-likeness (QED) is 0.0178. The van der Waals surface area contributed by atoms with Crippen molar-refractivity contribution in [2.75, 3.05) is 171 Å². The van der Waals surface area contributed by atoms with Crippen molar-refractivity contribution in [2.45, 2.75) is 98.8 Å². The topological polar surface area (TPSA) is 376 Å². The van der Waals surface area contributed by atoms with Gasteiger partial charge in [0.25, 0.3) is 11.8 Å². The summed E-state index contributed by atoms with van der Waals surface area (Å²) in [6, 6.07) is 67.4. The van der Waals surface area contributed by atoms with Crippen molar-refractivity contribution in [1.82, 2.24) is 44.6 Å². The molecule has 1 fully saturated rings. The maximum atomic E-state index is 12.2. The van der Waals surface area contributed by atoms with Crippen molar-refractivity contribution in [2.24, 2.45) is 7.05 Å². The van der Waals surface area contributed by atoms with Crippen LogP contribution in [0.1, 0.15) is 146 Å². The number of carbonyl (C=O) groups is 6. The standard InChI is InChI=1S/C13H21N3O3S.C12H13N3.C11H15NO2.C11H14O2.C10H14N2O.C9H14N2O2S.C9H12N2O.C9H11NO.C8H13N3.C7H9N/c1-5-20(18,19)16(10-13(17)15(3)4)12-8-6-7-11(9-12)14-2;1-9-14-7-6-12(15-9)10-4-3-5-11(8-10)13-2;1-4-10-7-9(6-8(3)12-10)11(13)14-5-2;1-4-9-5-8(2)6-10(7-9)11(12)13-3;1-11-9-6-4-5-8(7-9)10(13)12(2)3;1-3-11-14(12,13)9-6-4-5-8(7-9)10-2;1-10-8-5-3-4-7(6-8)9(12)11-2;1-7(11)8-4-3-5-9(6-8)10-2;1-9-8-5-7(6-3-4-6)10-11(8)2;1-8-7-5-3-2-4-6-7/h6-9,14H,5,10H2,1-4H3;3-8,13H,1-2H3;6-7H,4-5H2,1-3H3;5-7H,4H2,1-3H3;4-7,11H,1-3H3;4-7,10-11H,3H2,1-2H3;3-6,10H,1-2H3,(H,11,12);3-6,10H,1-2H3;5-6,9H,3-4H2,1-2H3;2-6,8H,1H3. The predicted octanol–water partition coefficient (Wildman–Crippen LogP) is 16.5. The lowest BCUT2D eigenvalue weighted by Gasteiger charge is -2.25. The molecule has 8 aromatic carbocycles. The molecule has 0 bridgehead atoms. The third-order valence-electron chi connectivity index (χ3n) is 19.0. The fourth-order valence-corrected chi connectivity index (χ4v) is 13.6. The summed E-state index contributed by atoms with van der Waals surface area (Å²) in [6.07, 6.45) is 6.18. The first-order chi connectivity index (χ1) is 62.4. The molecule has 706 valence electrons. The molecule has 1 aliphatic carbocycles. The lowest BCUT2D eigenvalue weighted by Crippen LogP contribution is -2.41. The number of likely N-dealkylation sites (N-methyl/N-ethyl adjacent to an activating group) is 1. The summed E-state index contributed by atoms with van der Waals surface area (Å²) in [7, 11) is 19.6. The molecule has 0 spiro atoms. The third-order valence-corrected chi connectivity index (χ3v) is 22.2. The summed E-state index contributed by atoms with van der Waals surface area (Å²) in [6.45, 7) is 17.1. The molecule has 0 aliphatic heterocycles. The second-order valence-electron chi connectivity index (χ2n) is 29.3. The molecule has 1 aliphatic rings. The molecule has 3 aromatic heterocycles. The van der Waals surface area contributed by atoms with E-state index in [4.69, 9.17) is 4.74 Å². The molecule has 30 nitrogen and oxygen atoms in total. The zero-order valence-corrected chi connectivity index (χ0v) is 82.0. The van der Waals surface area contributed by atoms with Crippen molar-refractivity contribution in [3.63, 3.8) is 0 Å². The first-order valence-corrected chi connectivity index (χ1v) is 45.9. The number of ether oxygens (including phenoxy) is 2. The Kier molecular flexibility index (Phi) is 50.5. The highest BCUT2D eigenvalue weighted by Crippen LogP contribution is 2.40. The molecule has 0 atom stereocenters. The summed E-state index contributed by atoms with van der Waals surface area (Å²) in [5.74, 6) is 1.85. The number of anilines is 9. The Morgan fingerprint density at radius 3 is 1.49 bits per heavy atom. The highest BCUT2D eigenvalue weighted by Gasteiger charge is 2.27. The molecular formula is C99H136N18O12S2. The number of sulfonamides is 2. The first-order valence-electron chi connectivity index (χ1n) is 42.9. The van der Waals surface area contributed by atoms with E-state index in [1.54, 1.807) is 149 Å². The lowest BCUT2D eigenvalue weighted by molar-refractivity contribution is -0.127. The number of aryl methyl sites for hydroxylation is 6. The van der Waals surface area contributed by atoms with Crippen LogP contribution in [0.5, 0.6) is 0 Å². The molecule has 11 aromatic rings. The Bertz CT molecular complexity index is 5600. The van der Waals surface area contributed by atoms with Crippen molar-refractivity contribution < 1.29 is 55.1 Å². The number of nitrogens with one attached hydrogen (secondary N) is 10. The van der Waals surface area contributed by atoms with E-state index >= 15 is 0 Å². The van der Waals surface area contributed by atoms with Gasteiger partial charge in [-0.1, -0.05) is 99.1 Å². The summed E-state index contributed by atoms with van der Waals surface area (Å²) in [5, 5.41) is 31.0. The van der Waals surface area contributed by atoms with E-state index in [0.717, 1.165) is 108 Å². The van der Waals surface area contributed by atoms with E-state index < -0.39 is 20.0 Å². The van der Waals surface area contributed by atoms with Gasteiger partial charge in [-0.25, -0.2) is 41.1 Å². The van der Waals surface area contributed by atoms with Gasteiger partial charge in [-0.05, 0) is 212 Å². The van der Waals surface area contributed by atoms with Crippen LogP contribution in [-0.2, 0) is 54.2 Å². The van der Waals surface area contributed by atoms with Crippen molar-refractivity contribution in [3.05, 3.63) is 286 Å². The molecule has 3 amide bonds. The van der Waals surface area contributed by atoms with Gasteiger partial charge in [0.1, 0.15) is 18.2 Å². The molecule has 0 saturated heterocycles. The van der Waals surface area contributed by atoms with E-state index in [9.17, 15) is 45.6 Å². The van der Waals surface area contributed by atoms with Gasteiger partial charge in [0.05, 0.1) is 52.6 Å². The van der Waals surface area contributed by atoms with Crippen LogP contribution in [0.2, 0.25) is 0 Å². The number of nitrogens with zero attached hydrogens (tertiary/aromatic N) is 8. The Morgan fingerprint density at radius 2 is 1.01 bits per heavy atom. The average molecular weight is 1830 g/mol. The average Bonchev–Trinajstić information content (AvgIpc) is 1.51. The van der Waals surface area contributed by atoms with E-state index in [2.05, 4.69) is 102 Å². The second kappa shape index (κ2) is 59.4. The number of Topliss-reactive ketones (excluding diaryl/α,β-unsaturated/α-hetero) is 1. The number of para-hydroxylation sites is 1. The lowest BCUT2D eigenvalue weighted by atomic mass is 10.1. The van der Waals surface area contributed by atoms with Crippen LogP contribution in [-0.4, -0.2) is 211 Å². The molecule has 0 unspecified atom stereocenters. The molecule has 12 rings (SSSR count). The molecule has 3 heterocycles. The minimum atomic E-state index is -3.51. The fraction of sp³-hybridized carbons (Fsp3) is 0.333. The Morgan fingerprint density at radius 1 is 0.496 bits per heavy atom. The number of amides is 3. The summed E-state index contributed by atoms with van der Waals surface area (Å²) < 4.78 is 62.6. The summed E-state index contributed by atoms with van der Waals surface area (Å²) in [4.78, 5) is 84.0. The monoisotopic (exact) mass is 1830 g/mol. The van der Waals surface area contributed by atoms with Crippen molar-refractivity contribution in [1.29, 1.82) is 0 Å². The van der Waals surface area contributed by atoms with Gasteiger partial charge in [0, 0.05) is 197 Å². The largest absolute Gasteiger partial charge is 0.465 e. The van der Waals surface area contributed by atoms with Crippen LogP contribution in [0.25, 0.3) is 11.3 Å². The number of hydrogen-bond donors (Lipinski definition) is 10. The summed E-state index contributed by atoms with van der Waals surface area (Å²) >= 11 is 0. The van der Waals surface area contributed by atoms with Gasteiger partial charge in [-0.15, -0.1) is 0 Å². The Balaban J connectivity index is 0.000000377. The molecule has 0 radical (unpaired) electrons. The van der Waals surface area contributed by atoms with E-state index in [-0.39, 0.29) is 52.6 Å². The number of pyridine rings is 1. The number of carbonyl (C=O) groups excluding carboxylic acids is 6. The van der Waals surface area contributed by atoms with Gasteiger partial charge < -0.3 is 67.1 Å². The smallest absolute Gasteiger partial charge is 0.338 e. The molecule has 1 saturated carbocycles. The number of ketones is 1. The highest BCUT2D eigenvalue weighted by atomic mass is 32.2. The predicted molar refractivity (Wildman–Crippen MR) is 536 cm³/mol. The Hall–Kier alpha value is -13.7. The minimum absolute atomic E-state index is 0.0251. The normalized spacial score (nSPS) is 10.6. The third kappa shape index (κ3) is 40.7. The highest BCUT2D eigenvalue weighted by molar-refractivity contribution is 7.92. The number of hydrogen-bond acceptors (Lipinski definition) is 24. The molecular weight excluding hydrogens is 1700 g/mol. The van der Waals surface area contributed by atoms with Crippen LogP contribution < -0.4 is 56.9 Å². The van der Waals surface area contributed by atoms with Crippen molar-refractivity contribution in [3.8, 4) is 11.3 Å². The van der Waals surface area contributed by atoms with Crippen LogP contribution in [0.15, 0.2) is 229 Å². The second-order valence-corrected chi connectivity index (χ2v) is 33.2. The molecule has 131 heavy (non-hydrogen) atoms. The number of aromatic nitrogens is 5. The van der Waals surface area contributed by atoms with Gasteiger partial charge in [0.15, 0.2) is 5.78 Å². The van der Waals surface area contributed by atoms with Gasteiger partial charge >= 0.3 is 11.9 Å². The van der Waals surface area contributed by atoms with Gasteiger partial charge in [-0.2, -0.15) is 5.10 Å². The van der Waals surface area contributed by atoms with E-state index in [0.29, 0.717) is 41.1 Å². The SMILES string of the molecule is CCNS(=O)(=O)c1cccc(NC)c1.CCOC(=O)c1cc(C)nc(CC)c1.CCS(=O)(=O)N(CC(=O)N(C)C)c1cccc(NC)c1.CCc1cc(C)cc(C(=O)OC)c1.CNC(=O)c1cccc(NC)c1.CNc1cc(C2CC2)nn1C.CNc1cccc(-c2ccnc(C)n2)c1.CNc1cccc(C(=O)N(C)C)c1.CNc1cccc(C(C)=O)c1.CNc1ccccc1. The zero-order chi connectivity index (χ0) is 97.8. The molecule has 10 N–H and O–H groups in total. The number of rotatable bonds is 26. The van der Waals surface area contributed by atoms with Gasteiger partial charge in [0.2, 0.25) is 26.0 Å². The number of benzene rings is 8. The first kappa shape index (κ1) is 111. The van der Waals surface area contributed by atoms with E-state index in [1.165, 1.54) is 36.1 Å². The molecule has 32 heteroatoms. The van der Waals surface area contributed by atoms with E-state index in [1.807, 2.05) is 221 Å². The maximum absolute atomic E-state index is 12.2. The fourth-order valence-electron chi connectivity index (χ4n) is 11.5. The Labute approximate surface area is 776 Å². The van der Waals surface area contributed by atoms with Gasteiger partial charge in [-0.3, -0.25) is 33.1 Å². The zero-order valence-electron chi connectivity index (χ0n) is 80.4. The van der Waals surface area contributed by atoms with Crippen molar-refractivity contribution >= 4 is 107 Å².